The van der Waals surface area contributed by atoms with E-state index < -0.39 is 24.3 Å². The van der Waals surface area contributed by atoms with E-state index in [9.17, 15) is 18.8 Å². The molecule has 0 aliphatic rings. The molecule has 0 heterocycles. The van der Waals surface area contributed by atoms with Crippen LogP contribution < -0.4 is 9.64 Å². The van der Waals surface area contributed by atoms with Crippen LogP contribution in [0.15, 0.2) is 42.5 Å². The zero-order valence-electron chi connectivity index (χ0n) is 17.4. The van der Waals surface area contributed by atoms with Crippen LogP contribution in [-0.2, 0) is 14.3 Å². The van der Waals surface area contributed by atoms with E-state index >= 15 is 0 Å². The number of carbonyl (C=O) groups excluding carboxylic acids is 3. The van der Waals surface area contributed by atoms with Gasteiger partial charge in [-0.25, -0.2) is 4.39 Å². The van der Waals surface area contributed by atoms with Gasteiger partial charge in [-0.3, -0.25) is 14.4 Å². The van der Waals surface area contributed by atoms with Gasteiger partial charge in [-0.2, -0.15) is 5.26 Å². The number of benzene rings is 2. The number of carbonyl (C=O) groups is 3. The molecule has 2 aromatic rings. The van der Waals surface area contributed by atoms with E-state index in [1.165, 1.54) is 25.3 Å². The Hall–Kier alpha value is -3.73. The molecule has 0 atom stereocenters. The topological polar surface area (TPSA) is 96.7 Å². The number of nitriles is 1. The van der Waals surface area contributed by atoms with Crippen molar-refractivity contribution in [1.29, 1.82) is 5.26 Å². The first kappa shape index (κ1) is 23.5. The molecule has 0 spiro atoms. The molecular formula is C23H23FN2O5. The van der Waals surface area contributed by atoms with Crippen molar-refractivity contribution in [2.45, 2.75) is 26.2 Å². The summed E-state index contributed by atoms with van der Waals surface area (Å²) < 4.78 is 24.2. The lowest BCUT2D eigenvalue weighted by atomic mass is 10.0. The van der Waals surface area contributed by atoms with Gasteiger partial charge in [-0.1, -0.05) is 23.8 Å². The average Bonchev–Trinajstić information content (AvgIpc) is 2.77. The third kappa shape index (κ3) is 6.64. The number of anilines is 1. The zero-order valence-corrected chi connectivity index (χ0v) is 17.4. The van der Waals surface area contributed by atoms with Crippen LogP contribution in [0.4, 0.5) is 10.1 Å². The van der Waals surface area contributed by atoms with Crippen molar-refractivity contribution in [3.05, 3.63) is 59.4 Å². The molecule has 0 saturated carbocycles. The maximum Gasteiger partial charge on any atom is 0.306 e. The maximum absolute atomic E-state index is 14.1. The minimum absolute atomic E-state index is 0.000481. The molecule has 0 aromatic heterocycles. The summed E-state index contributed by atoms with van der Waals surface area (Å²) >= 11 is 0. The van der Waals surface area contributed by atoms with Crippen molar-refractivity contribution in [2.24, 2.45) is 0 Å². The van der Waals surface area contributed by atoms with Gasteiger partial charge in [0, 0.05) is 13.0 Å². The molecule has 0 aliphatic heterocycles. The van der Waals surface area contributed by atoms with Crippen molar-refractivity contribution >= 4 is 23.3 Å². The highest BCUT2D eigenvalue weighted by molar-refractivity contribution is 6.00. The number of aryl methyl sites for hydroxylation is 1. The lowest BCUT2D eigenvalue weighted by Gasteiger charge is -2.22. The van der Waals surface area contributed by atoms with Gasteiger partial charge >= 0.3 is 5.97 Å². The second kappa shape index (κ2) is 11.5. The minimum Gasteiger partial charge on any atom is -0.496 e. The summed E-state index contributed by atoms with van der Waals surface area (Å²) in [5.74, 6) is -1.90. The Morgan fingerprint density at radius 1 is 1.13 bits per heavy atom. The number of ketones is 1. The summed E-state index contributed by atoms with van der Waals surface area (Å²) in [6.07, 6.45) is -0.347. The Morgan fingerprint density at radius 3 is 2.55 bits per heavy atom. The average molecular weight is 426 g/mol. The second-order valence-electron chi connectivity index (χ2n) is 6.69. The van der Waals surface area contributed by atoms with E-state index in [0.717, 1.165) is 10.5 Å². The fraction of sp³-hybridized carbons (Fsp3) is 0.304. The number of hydrogen-bond donors (Lipinski definition) is 0. The van der Waals surface area contributed by atoms with Crippen LogP contribution >= 0.6 is 0 Å². The predicted molar refractivity (Wildman–Crippen MR) is 111 cm³/mol. The van der Waals surface area contributed by atoms with E-state index in [2.05, 4.69) is 0 Å². The number of para-hydroxylation sites is 1. The number of esters is 1. The first-order valence-electron chi connectivity index (χ1n) is 9.62. The molecule has 1 amide bonds. The smallest absolute Gasteiger partial charge is 0.306 e. The molecule has 162 valence electrons. The van der Waals surface area contributed by atoms with Crippen LogP contribution in [0.3, 0.4) is 0 Å². The highest BCUT2D eigenvalue weighted by Crippen LogP contribution is 2.22. The summed E-state index contributed by atoms with van der Waals surface area (Å²) in [4.78, 5) is 38.0. The summed E-state index contributed by atoms with van der Waals surface area (Å²) in [6.45, 7) is 1.17. The first-order chi connectivity index (χ1) is 14.9. The number of hydrogen-bond acceptors (Lipinski definition) is 6. The van der Waals surface area contributed by atoms with E-state index in [0.29, 0.717) is 11.3 Å². The van der Waals surface area contributed by atoms with E-state index in [-0.39, 0.29) is 37.3 Å². The predicted octanol–water partition coefficient (Wildman–Crippen LogP) is 3.60. The van der Waals surface area contributed by atoms with Crippen molar-refractivity contribution in [2.75, 3.05) is 25.2 Å². The molecule has 2 rings (SSSR count). The Bertz CT molecular complexity index is 1000. The Kier molecular flexibility index (Phi) is 8.70. The lowest BCUT2D eigenvalue weighted by Crippen LogP contribution is -2.36. The van der Waals surface area contributed by atoms with E-state index in [1.54, 1.807) is 18.2 Å². The highest BCUT2D eigenvalue weighted by atomic mass is 19.1. The largest absolute Gasteiger partial charge is 0.496 e. The van der Waals surface area contributed by atoms with Gasteiger partial charge in [0.1, 0.15) is 11.6 Å². The molecule has 0 bridgehead atoms. The van der Waals surface area contributed by atoms with Crippen LogP contribution in [0, 0.1) is 24.1 Å². The molecule has 0 fully saturated rings. The van der Waals surface area contributed by atoms with Gasteiger partial charge in [-0.05, 0) is 31.2 Å². The van der Waals surface area contributed by atoms with Crippen LogP contribution in [0.1, 0.15) is 35.2 Å². The molecule has 7 nitrogen and oxygen atoms in total. The van der Waals surface area contributed by atoms with Gasteiger partial charge in [0.15, 0.2) is 12.4 Å². The highest BCUT2D eigenvalue weighted by Gasteiger charge is 2.21. The maximum atomic E-state index is 14.1. The van der Waals surface area contributed by atoms with Crippen LogP contribution in [0.25, 0.3) is 0 Å². The summed E-state index contributed by atoms with van der Waals surface area (Å²) in [6, 6.07) is 12.7. The number of nitrogens with zero attached hydrogens (tertiary/aromatic N) is 2. The van der Waals surface area contributed by atoms with Gasteiger partial charge in [0.05, 0.1) is 37.3 Å². The van der Waals surface area contributed by atoms with Crippen LogP contribution in [0.2, 0.25) is 0 Å². The van der Waals surface area contributed by atoms with Crippen molar-refractivity contribution in [3.8, 4) is 11.8 Å². The SMILES string of the molecule is COc1ccc(C)cc1C(=O)CCC(=O)OCC(=O)N(CCC#N)c1ccccc1F. The van der Waals surface area contributed by atoms with Crippen molar-refractivity contribution in [1.82, 2.24) is 0 Å². The third-order valence-electron chi connectivity index (χ3n) is 4.46. The first-order valence-corrected chi connectivity index (χ1v) is 9.62. The van der Waals surface area contributed by atoms with Crippen molar-refractivity contribution < 1.29 is 28.2 Å². The molecule has 0 saturated heterocycles. The Morgan fingerprint density at radius 2 is 1.87 bits per heavy atom. The molecular weight excluding hydrogens is 403 g/mol. The number of amides is 1. The third-order valence-corrected chi connectivity index (χ3v) is 4.46. The fourth-order valence-corrected chi connectivity index (χ4v) is 2.89. The number of methoxy groups -OCH3 is 1. The Balaban J connectivity index is 1.94. The summed E-state index contributed by atoms with van der Waals surface area (Å²) in [5.41, 5.74) is 1.25. The summed E-state index contributed by atoms with van der Waals surface area (Å²) in [5, 5.41) is 8.79. The molecule has 31 heavy (non-hydrogen) atoms. The van der Waals surface area contributed by atoms with Gasteiger partial charge < -0.3 is 14.4 Å². The molecule has 0 N–H and O–H groups in total. The molecule has 0 aliphatic carbocycles. The van der Waals surface area contributed by atoms with Gasteiger partial charge in [0.25, 0.3) is 5.91 Å². The minimum atomic E-state index is -0.734. The standard InChI is InChI=1S/C23H23FN2O5/c1-16-8-10-21(30-2)17(14-16)20(27)9-11-23(29)31-15-22(28)26(13-5-12-25)19-7-4-3-6-18(19)24/h3-4,6-8,10,14H,5,9,11,13,15H2,1-2H3. The summed E-state index contributed by atoms with van der Waals surface area (Å²) in [7, 11) is 1.45. The van der Waals surface area contributed by atoms with Gasteiger partial charge in [-0.15, -0.1) is 0 Å². The number of Topliss-reactive ketones (excluding diaryl/α,β-unsaturated/α-hetero) is 1. The van der Waals surface area contributed by atoms with E-state index in [4.69, 9.17) is 14.7 Å². The fourth-order valence-electron chi connectivity index (χ4n) is 2.89. The number of halogens is 1. The zero-order chi connectivity index (χ0) is 22.8. The Labute approximate surface area is 180 Å². The normalized spacial score (nSPS) is 10.1. The molecule has 0 unspecified atom stereocenters. The van der Waals surface area contributed by atoms with Crippen molar-refractivity contribution in [3.63, 3.8) is 0 Å². The monoisotopic (exact) mass is 426 g/mol. The number of rotatable bonds is 10. The molecule has 2 aromatic carbocycles. The number of ether oxygens (including phenoxy) is 2. The van der Waals surface area contributed by atoms with Gasteiger partial charge in [0.2, 0.25) is 0 Å². The molecule has 8 heteroatoms. The van der Waals surface area contributed by atoms with Crippen LogP contribution in [0.5, 0.6) is 5.75 Å². The second-order valence-corrected chi connectivity index (χ2v) is 6.69. The lowest BCUT2D eigenvalue weighted by molar-refractivity contribution is -0.147. The molecule has 0 radical (unpaired) electrons. The van der Waals surface area contributed by atoms with E-state index in [1.807, 2.05) is 19.1 Å². The quantitative estimate of drug-likeness (QED) is 0.425. The van der Waals surface area contributed by atoms with Crippen LogP contribution in [-0.4, -0.2) is 37.9 Å².